The molecule has 3 nitrogen and oxygen atoms in total. The maximum absolute atomic E-state index is 9.13. The number of nitrogens with one attached hydrogen (secondary N) is 1. The summed E-state index contributed by atoms with van der Waals surface area (Å²) in [6.45, 7) is 0.0589. The number of hydrogen-bond acceptors (Lipinski definition) is 4. The molecule has 0 radical (unpaired) electrons. The van der Waals surface area contributed by atoms with E-state index in [1.165, 1.54) is 0 Å². The van der Waals surface area contributed by atoms with Crippen LogP contribution in [0.1, 0.15) is 0 Å². The van der Waals surface area contributed by atoms with E-state index in [-0.39, 0.29) is 6.61 Å². The molecule has 1 atom stereocenters. The van der Waals surface area contributed by atoms with Crippen LogP contribution in [0.5, 0.6) is 0 Å². The molecule has 0 fully saturated rings. The summed E-state index contributed by atoms with van der Waals surface area (Å²) >= 11 is 7.63. The number of rotatable bonds is 4. The second-order valence-electron chi connectivity index (χ2n) is 2.85. The number of aliphatic hydroxyl groups is 2. The molecule has 1 unspecified atom stereocenters. The summed E-state index contributed by atoms with van der Waals surface area (Å²) in [7, 11) is 0. The Labute approximate surface area is 96.7 Å². The van der Waals surface area contributed by atoms with E-state index in [4.69, 9.17) is 10.2 Å². The summed E-state index contributed by atoms with van der Waals surface area (Å²) in [5, 5.41) is 20.7. The van der Waals surface area contributed by atoms with E-state index in [1.807, 2.05) is 18.2 Å². The first kappa shape index (κ1) is 11.8. The summed E-state index contributed by atoms with van der Waals surface area (Å²) < 4.78 is 0.893. The van der Waals surface area contributed by atoms with Crippen molar-refractivity contribution in [3.05, 3.63) is 22.7 Å². The van der Waals surface area contributed by atoms with Gasteiger partial charge in [0.25, 0.3) is 0 Å². The molecule has 1 rings (SSSR count). The van der Waals surface area contributed by atoms with Crippen molar-refractivity contribution in [3.63, 3.8) is 0 Å². The van der Waals surface area contributed by atoms with Crippen molar-refractivity contribution in [2.75, 3.05) is 18.5 Å². The zero-order valence-electron chi connectivity index (χ0n) is 7.44. The number of halogens is 1. The molecule has 5 heteroatoms. The third-order valence-electron chi connectivity index (χ3n) is 1.73. The van der Waals surface area contributed by atoms with E-state index in [1.54, 1.807) is 0 Å². The van der Waals surface area contributed by atoms with Crippen LogP contribution in [0.3, 0.4) is 0 Å². The van der Waals surface area contributed by atoms with Gasteiger partial charge >= 0.3 is 0 Å². The number of benzene rings is 1. The van der Waals surface area contributed by atoms with Crippen molar-refractivity contribution >= 4 is 34.2 Å². The Bertz CT molecular complexity index is 309. The minimum absolute atomic E-state index is 0.247. The highest BCUT2D eigenvalue weighted by atomic mass is 79.9. The molecule has 1 aromatic rings. The maximum Gasteiger partial charge on any atom is 0.0942 e. The lowest BCUT2D eigenvalue weighted by Crippen LogP contribution is -2.23. The van der Waals surface area contributed by atoms with Crippen LogP contribution in [0, 0.1) is 0 Å². The highest BCUT2D eigenvalue weighted by molar-refractivity contribution is 9.10. The predicted octanol–water partition coefficient (Wildman–Crippen LogP) is 1.50. The molecule has 0 aliphatic rings. The molecule has 0 aliphatic heterocycles. The van der Waals surface area contributed by atoms with Crippen LogP contribution in [0.25, 0.3) is 0 Å². The second kappa shape index (κ2) is 5.60. The molecule has 78 valence electrons. The third-order valence-corrected chi connectivity index (χ3v) is 3.17. The van der Waals surface area contributed by atoms with Gasteiger partial charge in [-0.3, -0.25) is 0 Å². The van der Waals surface area contributed by atoms with Crippen LogP contribution in [-0.2, 0) is 0 Å². The average Bonchev–Trinajstić information content (AvgIpc) is 2.20. The number of hydrogen-bond donors (Lipinski definition) is 4. The zero-order chi connectivity index (χ0) is 10.6. The van der Waals surface area contributed by atoms with Gasteiger partial charge in [-0.2, -0.15) is 0 Å². The van der Waals surface area contributed by atoms with Gasteiger partial charge in [0.1, 0.15) is 0 Å². The first-order valence-electron chi connectivity index (χ1n) is 4.15. The molecule has 0 aromatic heterocycles. The second-order valence-corrected chi connectivity index (χ2v) is 4.15. The Balaban J connectivity index is 2.63. The minimum atomic E-state index is -0.748. The van der Waals surface area contributed by atoms with Crippen molar-refractivity contribution in [1.82, 2.24) is 0 Å². The quantitative estimate of drug-likeness (QED) is 0.631. The molecule has 0 saturated heterocycles. The topological polar surface area (TPSA) is 52.5 Å². The largest absolute Gasteiger partial charge is 0.394 e. The van der Waals surface area contributed by atoms with Crippen LogP contribution in [0.4, 0.5) is 5.69 Å². The monoisotopic (exact) mass is 277 g/mol. The van der Waals surface area contributed by atoms with Crippen molar-refractivity contribution in [2.45, 2.75) is 11.0 Å². The van der Waals surface area contributed by atoms with Gasteiger partial charge in [0.05, 0.1) is 12.7 Å². The molecule has 0 spiro atoms. The van der Waals surface area contributed by atoms with Crippen molar-refractivity contribution < 1.29 is 10.2 Å². The van der Waals surface area contributed by atoms with E-state index in [0.29, 0.717) is 6.54 Å². The first-order valence-corrected chi connectivity index (χ1v) is 5.39. The Hall–Kier alpha value is -0.230. The van der Waals surface area contributed by atoms with Crippen LogP contribution in [-0.4, -0.2) is 29.5 Å². The SMILES string of the molecule is OCC(O)CNc1cccc(Br)c1S. The summed E-state index contributed by atoms with van der Waals surface area (Å²) in [5.74, 6) is 0. The van der Waals surface area contributed by atoms with E-state index in [9.17, 15) is 0 Å². The molecular formula is C9H12BrNO2S. The highest BCUT2D eigenvalue weighted by Gasteiger charge is 2.04. The molecule has 0 heterocycles. The van der Waals surface area contributed by atoms with Gasteiger partial charge in [0.2, 0.25) is 0 Å². The maximum atomic E-state index is 9.13. The van der Waals surface area contributed by atoms with Gasteiger partial charge in [-0.25, -0.2) is 0 Å². The number of aliphatic hydroxyl groups excluding tert-OH is 2. The van der Waals surface area contributed by atoms with E-state index >= 15 is 0 Å². The van der Waals surface area contributed by atoms with Gasteiger partial charge < -0.3 is 15.5 Å². The summed E-state index contributed by atoms with van der Waals surface area (Å²) in [6.07, 6.45) is -0.748. The Morgan fingerprint density at radius 2 is 2.21 bits per heavy atom. The smallest absolute Gasteiger partial charge is 0.0942 e. The van der Waals surface area contributed by atoms with Crippen molar-refractivity contribution in [2.24, 2.45) is 0 Å². The molecule has 0 saturated carbocycles. The normalized spacial score (nSPS) is 12.6. The molecule has 3 N–H and O–H groups in total. The van der Waals surface area contributed by atoms with E-state index < -0.39 is 6.10 Å². The van der Waals surface area contributed by atoms with E-state index in [0.717, 1.165) is 15.1 Å². The summed E-state index contributed by atoms with van der Waals surface area (Å²) in [6, 6.07) is 5.62. The van der Waals surface area contributed by atoms with Crippen molar-refractivity contribution in [3.8, 4) is 0 Å². The fourth-order valence-electron chi connectivity index (χ4n) is 0.950. The number of anilines is 1. The lowest BCUT2D eigenvalue weighted by molar-refractivity contribution is 0.105. The average molecular weight is 278 g/mol. The predicted molar refractivity (Wildman–Crippen MR) is 63.0 cm³/mol. The molecule has 1 aromatic carbocycles. The summed E-state index contributed by atoms with van der Waals surface area (Å²) in [5.41, 5.74) is 0.829. The fourth-order valence-corrected chi connectivity index (χ4v) is 1.54. The van der Waals surface area contributed by atoms with Crippen LogP contribution < -0.4 is 5.32 Å². The minimum Gasteiger partial charge on any atom is -0.394 e. The molecule has 14 heavy (non-hydrogen) atoms. The fraction of sp³-hybridized carbons (Fsp3) is 0.333. The van der Waals surface area contributed by atoms with Crippen LogP contribution >= 0.6 is 28.6 Å². The lowest BCUT2D eigenvalue weighted by atomic mass is 10.3. The first-order chi connectivity index (χ1) is 6.65. The molecule has 0 amide bonds. The molecule has 0 bridgehead atoms. The van der Waals surface area contributed by atoms with Gasteiger partial charge in [-0.05, 0) is 28.1 Å². The van der Waals surface area contributed by atoms with Gasteiger partial charge in [0.15, 0.2) is 0 Å². The van der Waals surface area contributed by atoms with Crippen LogP contribution in [0.15, 0.2) is 27.6 Å². The Morgan fingerprint density at radius 3 is 2.86 bits per heavy atom. The Kier molecular flexibility index (Phi) is 4.74. The number of thiol groups is 1. The van der Waals surface area contributed by atoms with E-state index in [2.05, 4.69) is 33.9 Å². The van der Waals surface area contributed by atoms with Gasteiger partial charge in [0, 0.05) is 21.6 Å². The van der Waals surface area contributed by atoms with Gasteiger partial charge in [-0.1, -0.05) is 6.07 Å². The van der Waals surface area contributed by atoms with Gasteiger partial charge in [-0.15, -0.1) is 12.6 Å². The van der Waals surface area contributed by atoms with Crippen LogP contribution in [0.2, 0.25) is 0 Å². The zero-order valence-corrected chi connectivity index (χ0v) is 9.92. The Morgan fingerprint density at radius 1 is 1.50 bits per heavy atom. The summed E-state index contributed by atoms with van der Waals surface area (Å²) in [4.78, 5) is 0.789. The van der Waals surface area contributed by atoms with Crippen molar-refractivity contribution in [1.29, 1.82) is 0 Å². The highest BCUT2D eigenvalue weighted by Crippen LogP contribution is 2.27. The molecule has 0 aliphatic carbocycles. The molecular weight excluding hydrogens is 266 g/mol. The lowest BCUT2D eigenvalue weighted by Gasteiger charge is -2.12. The third kappa shape index (κ3) is 3.16. The standard InChI is InChI=1S/C9H12BrNO2S/c10-7-2-1-3-8(9(7)14)11-4-6(13)5-12/h1-3,6,11-14H,4-5H2.